The quantitative estimate of drug-likeness (QED) is 0.586. The van der Waals surface area contributed by atoms with Crippen molar-refractivity contribution in [3.8, 4) is 0 Å². The van der Waals surface area contributed by atoms with E-state index in [1.54, 1.807) is 42.6 Å². The van der Waals surface area contributed by atoms with Crippen molar-refractivity contribution in [2.75, 3.05) is 10.6 Å². The van der Waals surface area contributed by atoms with Gasteiger partial charge in [0.2, 0.25) is 5.91 Å². The van der Waals surface area contributed by atoms with E-state index in [2.05, 4.69) is 15.6 Å². The highest BCUT2D eigenvalue weighted by Gasteiger charge is 2.39. The third-order valence-corrected chi connectivity index (χ3v) is 5.03. The van der Waals surface area contributed by atoms with Crippen molar-refractivity contribution in [2.24, 2.45) is 0 Å². The van der Waals surface area contributed by atoms with E-state index in [0.29, 0.717) is 22.6 Å². The number of aromatic nitrogens is 1. The minimum Gasteiger partial charge on any atom is -0.350 e. The van der Waals surface area contributed by atoms with Crippen LogP contribution in [-0.4, -0.2) is 27.6 Å². The van der Waals surface area contributed by atoms with Gasteiger partial charge in [-0.05, 0) is 48.9 Å². The summed E-state index contributed by atoms with van der Waals surface area (Å²) in [6.07, 6.45) is 1.63. The summed E-state index contributed by atoms with van der Waals surface area (Å²) in [7, 11) is 0. The second-order valence-corrected chi connectivity index (χ2v) is 7.52. The van der Waals surface area contributed by atoms with Crippen LogP contribution in [0, 0.1) is 6.92 Å². The molecule has 0 unspecified atom stereocenters. The van der Waals surface area contributed by atoms with Crippen molar-refractivity contribution in [1.82, 2.24) is 9.88 Å². The molecule has 2 aromatic carbocycles. The van der Waals surface area contributed by atoms with Crippen LogP contribution in [0.2, 0.25) is 0 Å². The van der Waals surface area contributed by atoms with Gasteiger partial charge in [-0.1, -0.05) is 35.9 Å². The number of anilines is 2. The molecule has 0 spiro atoms. The van der Waals surface area contributed by atoms with Gasteiger partial charge in [0.25, 0.3) is 11.8 Å². The van der Waals surface area contributed by atoms with Crippen molar-refractivity contribution in [3.05, 3.63) is 95.4 Å². The largest absolute Gasteiger partial charge is 0.350 e. The monoisotopic (exact) mass is 426 g/mol. The van der Waals surface area contributed by atoms with E-state index < -0.39 is 11.8 Å². The van der Waals surface area contributed by atoms with Gasteiger partial charge in [-0.3, -0.25) is 24.3 Å². The lowest BCUT2D eigenvalue weighted by molar-refractivity contribution is -0.137. The maximum Gasteiger partial charge on any atom is 0.278 e. The maximum atomic E-state index is 13.3. The first-order valence-electron chi connectivity index (χ1n) is 10.1. The highest BCUT2D eigenvalue weighted by atomic mass is 16.2. The van der Waals surface area contributed by atoms with Gasteiger partial charge in [0.15, 0.2) is 0 Å². The predicted molar refractivity (Wildman–Crippen MR) is 122 cm³/mol. The molecular formula is C25H22N4O3. The third kappa shape index (κ3) is 4.41. The normalized spacial score (nSPS) is 13.5. The molecule has 3 amide bonds. The van der Waals surface area contributed by atoms with Gasteiger partial charge in [0.05, 0.1) is 17.8 Å². The van der Waals surface area contributed by atoms with Gasteiger partial charge in [-0.25, -0.2) is 0 Å². The van der Waals surface area contributed by atoms with Gasteiger partial charge < -0.3 is 10.6 Å². The van der Waals surface area contributed by atoms with Crippen LogP contribution in [0.5, 0.6) is 0 Å². The van der Waals surface area contributed by atoms with E-state index in [9.17, 15) is 14.4 Å². The van der Waals surface area contributed by atoms with Crippen LogP contribution in [0.4, 0.5) is 11.4 Å². The number of carbonyl (C=O) groups is 3. The fourth-order valence-electron chi connectivity index (χ4n) is 3.46. The van der Waals surface area contributed by atoms with Crippen molar-refractivity contribution >= 4 is 34.7 Å². The molecule has 160 valence electrons. The molecule has 0 saturated carbocycles. The summed E-state index contributed by atoms with van der Waals surface area (Å²) in [4.78, 5) is 43.4. The standard InChI is InChI=1S/C25H22N4O3/c1-16-6-10-20(11-7-16)28-23-22(18-8-12-19(13-9-18)27-17(2)30)24(31)29(25(23)32)15-21-5-3-4-14-26-21/h3-14,28H,15H2,1-2H3,(H,27,30). The summed E-state index contributed by atoms with van der Waals surface area (Å²) in [5.41, 5.74) is 4.09. The van der Waals surface area contributed by atoms with Crippen LogP contribution >= 0.6 is 0 Å². The van der Waals surface area contributed by atoms with Crippen LogP contribution < -0.4 is 10.6 Å². The zero-order chi connectivity index (χ0) is 22.7. The topological polar surface area (TPSA) is 91.4 Å². The first kappa shape index (κ1) is 21.0. The Morgan fingerprint density at radius 1 is 0.906 bits per heavy atom. The Labute approximate surface area is 185 Å². The van der Waals surface area contributed by atoms with Crippen molar-refractivity contribution in [2.45, 2.75) is 20.4 Å². The number of carbonyl (C=O) groups excluding carboxylic acids is 3. The Bertz CT molecular complexity index is 1200. The van der Waals surface area contributed by atoms with Crippen molar-refractivity contribution in [3.63, 3.8) is 0 Å². The molecule has 7 heteroatoms. The lowest BCUT2D eigenvalue weighted by Crippen LogP contribution is -2.32. The van der Waals surface area contributed by atoms with E-state index in [-0.39, 0.29) is 23.7 Å². The summed E-state index contributed by atoms with van der Waals surface area (Å²) in [5, 5.41) is 5.84. The number of aryl methyl sites for hydroxylation is 1. The molecule has 1 aromatic heterocycles. The predicted octanol–water partition coefficient (Wildman–Crippen LogP) is 3.74. The molecule has 1 aliphatic rings. The SMILES string of the molecule is CC(=O)Nc1ccc(C2=C(Nc3ccc(C)cc3)C(=O)N(Cc3ccccn3)C2=O)cc1. The average molecular weight is 426 g/mol. The number of imide groups is 1. The summed E-state index contributed by atoms with van der Waals surface area (Å²) in [5.74, 6) is -1.00. The van der Waals surface area contributed by atoms with Crippen molar-refractivity contribution < 1.29 is 14.4 Å². The second-order valence-electron chi connectivity index (χ2n) is 7.52. The van der Waals surface area contributed by atoms with Crippen LogP contribution in [0.15, 0.2) is 78.6 Å². The number of pyridine rings is 1. The molecular weight excluding hydrogens is 404 g/mol. The number of amides is 3. The van der Waals surface area contributed by atoms with Gasteiger partial charge in [-0.2, -0.15) is 0 Å². The molecule has 32 heavy (non-hydrogen) atoms. The zero-order valence-electron chi connectivity index (χ0n) is 17.8. The highest BCUT2D eigenvalue weighted by molar-refractivity contribution is 6.36. The van der Waals surface area contributed by atoms with Gasteiger partial charge in [-0.15, -0.1) is 0 Å². The lowest BCUT2D eigenvalue weighted by Gasteiger charge is -2.14. The van der Waals surface area contributed by atoms with E-state index in [1.165, 1.54) is 11.8 Å². The van der Waals surface area contributed by atoms with E-state index in [0.717, 1.165) is 5.56 Å². The molecule has 1 aliphatic heterocycles. The maximum absolute atomic E-state index is 13.3. The molecule has 0 atom stereocenters. The minimum atomic E-state index is -0.415. The van der Waals surface area contributed by atoms with Gasteiger partial charge >= 0.3 is 0 Å². The molecule has 0 saturated heterocycles. The molecule has 0 radical (unpaired) electrons. The molecule has 0 fully saturated rings. The average Bonchev–Trinajstić information content (AvgIpc) is 3.00. The smallest absolute Gasteiger partial charge is 0.278 e. The fourth-order valence-corrected chi connectivity index (χ4v) is 3.46. The fraction of sp³-hybridized carbons (Fsp3) is 0.120. The number of hydrogen-bond acceptors (Lipinski definition) is 5. The van der Waals surface area contributed by atoms with Gasteiger partial charge in [0, 0.05) is 24.5 Å². The summed E-state index contributed by atoms with van der Waals surface area (Å²) in [6.45, 7) is 3.48. The van der Waals surface area contributed by atoms with Crippen molar-refractivity contribution in [1.29, 1.82) is 0 Å². The first-order chi connectivity index (χ1) is 15.4. The lowest BCUT2D eigenvalue weighted by atomic mass is 10.0. The summed E-state index contributed by atoms with van der Waals surface area (Å²) in [6, 6.07) is 19.8. The van der Waals surface area contributed by atoms with E-state index >= 15 is 0 Å². The van der Waals surface area contributed by atoms with Gasteiger partial charge in [0.1, 0.15) is 5.70 Å². The first-order valence-corrected chi connectivity index (χ1v) is 10.1. The molecule has 7 nitrogen and oxygen atoms in total. The minimum absolute atomic E-state index is 0.0745. The highest BCUT2D eigenvalue weighted by Crippen LogP contribution is 2.32. The van der Waals surface area contributed by atoms with E-state index in [1.807, 2.05) is 37.3 Å². The molecule has 3 aromatic rings. The van der Waals surface area contributed by atoms with E-state index in [4.69, 9.17) is 0 Å². The molecule has 4 rings (SSSR count). The second kappa shape index (κ2) is 8.85. The molecule has 0 bridgehead atoms. The molecule has 2 heterocycles. The Kier molecular flexibility index (Phi) is 5.81. The summed E-state index contributed by atoms with van der Waals surface area (Å²) >= 11 is 0. The zero-order valence-corrected chi connectivity index (χ0v) is 17.8. The number of nitrogens with zero attached hydrogens (tertiary/aromatic N) is 2. The van der Waals surface area contributed by atoms with Crippen LogP contribution in [0.1, 0.15) is 23.7 Å². The van der Waals surface area contributed by atoms with Crippen LogP contribution in [0.3, 0.4) is 0 Å². The van der Waals surface area contributed by atoms with Crippen LogP contribution in [0.25, 0.3) is 5.57 Å². The molecule has 0 aliphatic carbocycles. The Morgan fingerprint density at radius 2 is 1.59 bits per heavy atom. The number of nitrogens with one attached hydrogen (secondary N) is 2. The number of hydrogen-bond donors (Lipinski definition) is 2. The third-order valence-electron chi connectivity index (χ3n) is 5.03. The Hall–Kier alpha value is -4.26. The number of benzene rings is 2. The molecule has 2 N–H and O–H groups in total. The van der Waals surface area contributed by atoms with Crippen LogP contribution in [-0.2, 0) is 20.9 Å². The number of rotatable bonds is 6. The Balaban J connectivity index is 1.71. The Morgan fingerprint density at radius 3 is 2.22 bits per heavy atom. The summed E-state index contributed by atoms with van der Waals surface area (Å²) < 4.78 is 0.